The molecule has 6 amide bonds. The molecule has 22 nitrogen and oxygen atoms in total. The predicted molar refractivity (Wildman–Crippen MR) is 307 cm³/mol. The van der Waals surface area contributed by atoms with Crippen molar-refractivity contribution in [3.8, 4) is 0 Å². The normalized spacial score (nSPS) is 13.2. The summed E-state index contributed by atoms with van der Waals surface area (Å²) in [7, 11) is 0. The van der Waals surface area contributed by atoms with E-state index in [0.717, 1.165) is 42.6 Å². The Kier molecular flexibility index (Phi) is 24.5. The number of aromatic amines is 2. The van der Waals surface area contributed by atoms with Gasteiger partial charge >= 0.3 is 18.2 Å². The lowest BCUT2D eigenvalue weighted by atomic mass is 9.80. The largest absolute Gasteiger partial charge is 0.448 e. The highest BCUT2D eigenvalue weighted by Gasteiger charge is 2.26. The molecule has 426 valence electrons. The number of Topliss-reactive ketones (excluding diaryl/α,β-unsaturated/α-hetero) is 1. The van der Waals surface area contributed by atoms with E-state index in [1.165, 1.54) is 12.1 Å². The SMILES string of the molecule is CCCC(=O)NC1=CC(=Nc2ccc(N(CC)CCOC(=O)NCCC(C)(C)CC(C)CNC(=O)Nc3nc(C)cc(=O)[nH]3)cc2C)c2ccccc2C1=O.Cc1cc(=O)[nH]c(NC(=O)NCC(C)CC(C)(C)CCN=C=O)n1. The van der Waals surface area contributed by atoms with Gasteiger partial charge in [-0.25, -0.2) is 39.1 Å². The van der Waals surface area contributed by atoms with Crippen molar-refractivity contribution in [1.29, 1.82) is 0 Å². The molecule has 2 aromatic heterocycles. The first-order valence-corrected chi connectivity index (χ1v) is 26.7. The number of carbonyl (C=O) groups is 5. The number of aryl methyl sites for hydroxylation is 3. The number of alkyl carbamates (subject to hydrolysis) is 1. The molecule has 79 heavy (non-hydrogen) atoms. The third kappa shape index (κ3) is 22.3. The number of H-pyrrole nitrogens is 2. The van der Waals surface area contributed by atoms with Crippen molar-refractivity contribution in [3.63, 3.8) is 0 Å². The van der Waals surface area contributed by atoms with Crippen LogP contribution in [-0.2, 0) is 14.3 Å². The Morgan fingerprint density at radius 1 is 0.759 bits per heavy atom. The quantitative estimate of drug-likeness (QED) is 0.0230. The average molecular weight is 1090 g/mol. The lowest BCUT2D eigenvalue weighted by molar-refractivity contribution is -0.120. The number of likely N-dealkylation sites (N-methyl/N-ethyl adjacent to an activating group) is 1. The summed E-state index contributed by atoms with van der Waals surface area (Å²) in [4.78, 5) is 119. The Morgan fingerprint density at radius 3 is 1.86 bits per heavy atom. The molecule has 0 bridgehead atoms. The summed E-state index contributed by atoms with van der Waals surface area (Å²) in [6.07, 6.45) is 6.90. The Hall–Kier alpha value is -8.26. The van der Waals surface area contributed by atoms with Crippen LogP contribution in [0.15, 0.2) is 85.9 Å². The number of ketones is 1. The number of benzene rings is 2. The molecule has 0 radical (unpaired) electrons. The number of isocyanates is 1. The van der Waals surface area contributed by atoms with E-state index in [-0.39, 0.29) is 69.7 Å². The molecule has 2 unspecified atom stereocenters. The van der Waals surface area contributed by atoms with Crippen LogP contribution < -0.4 is 47.9 Å². The molecule has 2 atom stereocenters. The number of allylic oxidation sites excluding steroid dienone is 2. The van der Waals surface area contributed by atoms with E-state index in [2.05, 4.69) is 89.4 Å². The van der Waals surface area contributed by atoms with Crippen LogP contribution in [0, 0.1) is 43.4 Å². The van der Waals surface area contributed by atoms with Crippen LogP contribution in [0.3, 0.4) is 0 Å². The fraction of sp³-hybridized carbons (Fsp3) is 0.491. The number of hydrogen-bond acceptors (Lipinski definition) is 14. The molecule has 22 heteroatoms. The van der Waals surface area contributed by atoms with E-state index in [4.69, 9.17) is 9.73 Å². The highest BCUT2D eigenvalue weighted by molar-refractivity contribution is 6.27. The van der Waals surface area contributed by atoms with Gasteiger partial charge in [0, 0.05) is 72.9 Å². The first kappa shape index (κ1) is 63.3. The minimum Gasteiger partial charge on any atom is -0.448 e. The van der Waals surface area contributed by atoms with Gasteiger partial charge in [-0.2, -0.15) is 0 Å². The molecule has 1 aliphatic carbocycles. The van der Waals surface area contributed by atoms with Crippen LogP contribution in [0.1, 0.15) is 127 Å². The van der Waals surface area contributed by atoms with Crippen LogP contribution >= 0.6 is 0 Å². The molecule has 0 spiro atoms. The molecule has 2 aromatic carbocycles. The Morgan fingerprint density at radius 2 is 1.33 bits per heavy atom. The van der Waals surface area contributed by atoms with Gasteiger partial charge in [0.25, 0.3) is 11.1 Å². The van der Waals surface area contributed by atoms with Crippen molar-refractivity contribution >= 4 is 64.9 Å². The molecule has 0 saturated carbocycles. The standard InChI is InChI=1S/C41H54N8O6.C16H25N5O3/c1-8-12-35(50)46-34-23-33(30-13-10-11-14-31(30)37(34)52)45-32-16-15-29(21-27(32)4)49(9-2)19-20-55-40(54)42-18-17-41(6,7)24-26(3)25-43-39(53)48-38-44-28(5)22-36(51)47-38;1-11(8-16(3,4)5-6-17-10-22)9-18-15(24)21-14-19-12(2)7-13(23)20-14/h10-11,13-16,21-23,26H,8-9,12,17-20,24-25H2,1-7H3,(H,42,54)(H,46,50)(H3,43,44,47,48,51,53);7,11H,5-6,8-9H2,1-4H3,(H3,18,19,20,21,23,24). The topological polar surface area (TPSA) is 303 Å². The van der Waals surface area contributed by atoms with Crippen LogP contribution in [0.5, 0.6) is 0 Å². The number of nitrogens with one attached hydrogen (secondary N) is 8. The van der Waals surface area contributed by atoms with Crippen LogP contribution in [0.25, 0.3) is 0 Å². The highest BCUT2D eigenvalue weighted by Crippen LogP contribution is 2.31. The van der Waals surface area contributed by atoms with Crippen molar-refractivity contribution in [2.75, 3.05) is 61.4 Å². The van der Waals surface area contributed by atoms with Gasteiger partial charge in [-0.15, -0.1) is 0 Å². The van der Waals surface area contributed by atoms with Gasteiger partial charge in [0.1, 0.15) is 6.61 Å². The summed E-state index contributed by atoms with van der Waals surface area (Å²) in [5.41, 5.74) is 4.92. The van der Waals surface area contributed by atoms with Gasteiger partial charge in [0.15, 0.2) is 0 Å². The second-order valence-electron chi connectivity index (χ2n) is 21.4. The smallest absolute Gasteiger partial charge is 0.407 e. The third-order valence-electron chi connectivity index (χ3n) is 12.8. The van der Waals surface area contributed by atoms with E-state index >= 15 is 0 Å². The average Bonchev–Trinajstić information content (AvgIpc) is 3.35. The van der Waals surface area contributed by atoms with E-state index in [0.29, 0.717) is 80.3 Å². The number of rotatable bonds is 25. The maximum atomic E-state index is 13.1. The molecule has 0 fully saturated rings. The van der Waals surface area contributed by atoms with Gasteiger partial charge in [0.05, 0.1) is 30.2 Å². The van der Waals surface area contributed by atoms with Crippen molar-refractivity contribution in [2.24, 2.45) is 32.7 Å². The molecule has 5 rings (SSSR count). The number of aliphatic imine (C=N–C) groups is 2. The maximum absolute atomic E-state index is 13.1. The Labute approximate surface area is 462 Å². The second kappa shape index (κ2) is 30.6. The number of carbonyl (C=O) groups excluding carboxylic acids is 6. The Bertz CT molecular complexity index is 2990. The zero-order chi connectivity index (χ0) is 58.3. The maximum Gasteiger partial charge on any atom is 0.407 e. The second-order valence-corrected chi connectivity index (χ2v) is 21.4. The first-order chi connectivity index (χ1) is 37.4. The molecular formula is C57H79N13O9. The molecule has 1 aliphatic rings. The van der Waals surface area contributed by atoms with Gasteiger partial charge in [0.2, 0.25) is 29.7 Å². The van der Waals surface area contributed by atoms with Crippen LogP contribution in [-0.4, -0.2) is 107 Å². The summed E-state index contributed by atoms with van der Waals surface area (Å²) >= 11 is 0. The zero-order valence-electron chi connectivity index (χ0n) is 47.5. The van der Waals surface area contributed by atoms with Gasteiger partial charge in [-0.05, 0) is 112 Å². The van der Waals surface area contributed by atoms with E-state index < -0.39 is 18.2 Å². The van der Waals surface area contributed by atoms with Crippen LogP contribution in [0.4, 0.5) is 37.7 Å². The molecule has 2 heterocycles. The monoisotopic (exact) mass is 1090 g/mol. The van der Waals surface area contributed by atoms with Crippen LogP contribution in [0.2, 0.25) is 0 Å². The van der Waals surface area contributed by atoms with E-state index in [9.17, 15) is 38.4 Å². The molecular weight excluding hydrogens is 1010 g/mol. The summed E-state index contributed by atoms with van der Waals surface area (Å²) in [6.45, 7) is 25.0. The fourth-order valence-corrected chi connectivity index (χ4v) is 9.07. The fourth-order valence-electron chi connectivity index (χ4n) is 9.07. The van der Waals surface area contributed by atoms with Crippen molar-refractivity contribution < 1.29 is 33.5 Å². The minimum atomic E-state index is -0.479. The number of urea groups is 2. The zero-order valence-corrected chi connectivity index (χ0v) is 47.5. The number of fused-ring (bicyclic) bond motifs is 1. The molecule has 0 saturated heterocycles. The predicted octanol–water partition coefficient (Wildman–Crippen LogP) is 8.30. The number of ether oxygens (including phenoxy) is 1. The molecule has 8 N–H and O–H groups in total. The third-order valence-corrected chi connectivity index (χ3v) is 12.8. The van der Waals surface area contributed by atoms with Gasteiger partial charge in [-0.3, -0.25) is 39.8 Å². The molecule has 4 aromatic rings. The summed E-state index contributed by atoms with van der Waals surface area (Å²) in [6, 6.07) is 15.0. The summed E-state index contributed by atoms with van der Waals surface area (Å²) in [5, 5.41) is 16.3. The number of amides is 6. The van der Waals surface area contributed by atoms with Gasteiger partial charge in [-0.1, -0.05) is 72.7 Å². The lowest BCUT2D eigenvalue weighted by Gasteiger charge is -2.28. The summed E-state index contributed by atoms with van der Waals surface area (Å²) in [5.74, 6) is 0.180. The highest BCUT2D eigenvalue weighted by atomic mass is 16.5. The lowest BCUT2D eigenvalue weighted by Crippen LogP contribution is -2.35. The first-order valence-electron chi connectivity index (χ1n) is 26.7. The number of hydrogen-bond donors (Lipinski definition) is 8. The summed E-state index contributed by atoms with van der Waals surface area (Å²) < 4.78 is 5.51. The van der Waals surface area contributed by atoms with Crippen molar-refractivity contribution in [2.45, 2.75) is 115 Å². The number of aromatic nitrogens is 4. The van der Waals surface area contributed by atoms with Gasteiger partial charge < -0.3 is 30.9 Å². The van der Waals surface area contributed by atoms with Crippen molar-refractivity contribution in [1.82, 2.24) is 41.2 Å². The minimum absolute atomic E-state index is 0.0151. The number of nitrogens with zero attached hydrogens (tertiary/aromatic N) is 5. The number of anilines is 3. The van der Waals surface area contributed by atoms with E-state index in [1.807, 2.05) is 65.0 Å². The van der Waals surface area contributed by atoms with E-state index in [1.54, 1.807) is 38.1 Å². The molecule has 0 aliphatic heterocycles. The van der Waals surface area contributed by atoms with Crippen molar-refractivity contribution in [3.05, 3.63) is 115 Å². The Balaban J connectivity index is 0.000000468.